The van der Waals surface area contributed by atoms with E-state index in [-0.39, 0.29) is 100 Å². The Morgan fingerprint density at radius 3 is 1.65 bits per heavy atom. The number of aliphatic carboxylic acids is 2. The summed E-state index contributed by atoms with van der Waals surface area (Å²) in [5.41, 5.74) is 14.6. The number of aromatic hydroxyl groups is 1. The van der Waals surface area contributed by atoms with Crippen molar-refractivity contribution < 1.29 is 61.1 Å². The number of rotatable bonds is 29. The normalized spacial score (nSPS) is 15.5. The van der Waals surface area contributed by atoms with Crippen molar-refractivity contribution in [3.63, 3.8) is 0 Å². The zero-order chi connectivity index (χ0) is 52.3. The molecular formula is C47H68ClN16O10-. The van der Waals surface area contributed by atoms with E-state index in [2.05, 4.69) is 31.9 Å². The number of phenols is 1. The number of carbonyl (C=O) groups excluding carboxylic acids is 2. The molecule has 0 saturated carbocycles. The van der Waals surface area contributed by atoms with Gasteiger partial charge in [-0.25, -0.2) is 9.36 Å². The highest BCUT2D eigenvalue weighted by Crippen LogP contribution is 2.26. The van der Waals surface area contributed by atoms with Crippen molar-refractivity contribution in [1.82, 2.24) is 54.7 Å². The van der Waals surface area contributed by atoms with Crippen molar-refractivity contribution in [1.29, 1.82) is 0 Å². The number of piperazine rings is 2. The first kappa shape index (κ1) is 58.1. The number of terminal acetylenes is 1. The van der Waals surface area contributed by atoms with Crippen LogP contribution in [0, 0.1) is 18.3 Å². The first-order chi connectivity index (χ1) is 35.2. The molecular weight excluding hydrogens is 984 g/mol. The number of carboxylic acid groups (broad SMARTS) is 2. The molecule has 8 N–H and O–H groups in total. The van der Waals surface area contributed by atoms with Crippen LogP contribution in [0.5, 0.6) is 5.75 Å². The van der Waals surface area contributed by atoms with E-state index >= 15 is 0 Å². The summed E-state index contributed by atoms with van der Waals surface area (Å²) in [4.78, 5) is 73.3. The monoisotopic (exact) mass is 1050 g/mol. The van der Waals surface area contributed by atoms with Crippen LogP contribution in [0.15, 0.2) is 36.7 Å². The van der Waals surface area contributed by atoms with Crippen LogP contribution in [0.4, 0.5) is 17.8 Å². The van der Waals surface area contributed by atoms with Crippen molar-refractivity contribution in [2.24, 2.45) is 17.4 Å². The highest BCUT2D eigenvalue weighted by molar-refractivity contribution is 5.82. The van der Waals surface area contributed by atoms with E-state index in [0.29, 0.717) is 108 Å². The smallest absolute Gasteiger partial charge is 0.303 e. The third kappa shape index (κ3) is 17.4. The number of ether oxygens (including phenoxy) is 3. The predicted octanol–water partition coefficient (Wildman–Crippen LogP) is -2.34. The molecule has 74 heavy (non-hydrogen) atoms. The average molecular weight is 1050 g/mol. The van der Waals surface area contributed by atoms with Gasteiger partial charge in [0, 0.05) is 71.7 Å². The van der Waals surface area contributed by atoms with Crippen LogP contribution in [-0.4, -0.2) is 192 Å². The van der Waals surface area contributed by atoms with E-state index in [1.165, 1.54) is 9.36 Å². The SMILES string of the molecule is C#CCOCCOCCOCCNc1nc(N2CCN(C(=O)C(CCC(=O)O)n3cc(C(N)Cc4ccc(O)cc4)nn3)CC2)nc(N2CCN(C(=O)C(CCC(=O)O)n3cc(C(N)CC(C)C)nn3)CC2)n1.[Cl-]. The molecule has 6 rings (SSSR count). The van der Waals surface area contributed by atoms with Crippen LogP contribution in [0.3, 0.4) is 0 Å². The van der Waals surface area contributed by atoms with E-state index in [4.69, 9.17) is 47.1 Å². The van der Waals surface area contributed by atoms with E-state index in [1.807, 2.05) is 23.6 Å². The molecule has 4 atom stereocenters. The highest BCUT2D eigenvalue weighted by Gasteiger charge is 2.34. The summed E-state index contributed by atoms with van der Waals surface area (Å²) >= 11 is 0. The third-order valence-corrected chi connectivity index (χ3v) is 12.2. The molecule has 1 aromatic carbocycles. The van der Waals surface area contributed by atoms with Crippen LogP contribution in [0.25, 0.3) is 0 Å². The number of hydrogen-bond donors (Lipinski definition) is 6. The molecule has 2 saturated heterocycles. The Balaban J connectivity index is 0.0000101. The van der Waals surface area contributed by atoms with Gasteiger partial charge >= 0.3 is 11.9 Å². The molecule has 0 bridgehead atoms. The number of nitrogens with one attached hydrogen (secondary N) is 1. The van der Waals surface area contributed by atoms with Crippen LogP contribution in [0.1, 0.15) is 87.1 Å². The summed E-state index contributed by atoms with van der Waals surface area (Å²) in [7, 11) is 0. The molecule has 3 aromatic heterocycles. The third-order valence-electron chi connectivity index (χ3n) is 12.2. The number of nitrogens with zero attached hydrogens (tertiary/aromatic N) is 13. The van der Waals surface area contributed by atoms with E-state index in [9.17, 15) is 34.5 Å². The zero-order valence-electron chi connectivity index (χ0n) is 41.8. The second kappa shape index (κ2) is 29.2. The van der Waals surface area contributed by atoms with Gasteiger partial charge in [-0.15, -0.1) is 16.6 Å². The number of anilines is 3. The van der Waals surface area contributed by atoms with Crippen molar-refractivity contribution in [3.8, 4) is 18.1 Å². The molecule has 5 heterocycles. The maximum Gasteiger partial charge on any atom is 0.303 e. The van der Waals surface area contributed by atoms with Gasteiger partial charge in [0.2, 0.25) is 29.7 Å². The number of aromatic nitrogens is 9. The standard InChI is InChI=1S/C47H68N16O10.ClH/c1-4-22-71-24-26-73-27-25-72-23-13-50-45-51-46(60-18-14-58(15-19-60)43(69)39(9-11-41(65)66)62-30-37(54-56-62)35(48)28-32(2)3)53-47(52-45)61-20-16-59(17-21-61)44(70)40(10-12-42(67)68)63-31-38(55-57-63)36(49)29-33-5-7-34(64)8-6-33;/h1,5-8,30-32,35-36,39-40,64H,9-29,48-49H2,2-3H3,(H,65,66)(H,67,68)(H,50,51,52,53);1H/p-1. The summed E-state index contributed by atoms with van der Waals surface area (Å²) in [6.45, 7) is 8.95. The zero-order valence-corrected chi connectivity index (χ0v) is 42.6. The lowest BCUT2D eigenvalue weighted by Crippen LogP contribution is -3.00. The van der Waals surface area contributed by atoms with Crippen LogP contribution >= 0.6 is 0 Å². The minimum Gasteiger partial charge on any atom is -1.00 e. The predicted molar refractivity (Wildman–Crippen MR) is 264 cm³/mol. The summed E-state index contributed by atoms with van der Waals surface area (Å²) in [5.74, 6) is 1.15. The molecule has 4 unspecified atom stereocenters. The van der Waals surface area contributed by atoms with Gasteiger partial charge in [0.15, 0.2) is 0 Å². The maximum atomic E-state index is 14.2. The average Bonchev–Trinajstić information content (AvgIpc) is 4.08. The molecule has 27 heteroatoms. The number of carbonyl (C=O) groups is 4. The first-order valence-corrected chi connectivity index (χ1v) is 24.5. The number of nitrogens with two attached hydrogens (primary N) is 2. The second-order valence-electron chi connectivity index (χ2n) is 18.1. The lowest BCUT2D eigenvalue weighted by Gasteiger charge is -2.38. The number of benzene rings is 1. The Kier molecular flexibility index (Phi) is 22.9. The largest absolute Gasteiger partial charge is 1.00 e. The van der Waals surface area contributed by atoms with Crippen molar-refractivity contribution in [2.45, 2.75) is 76.5 Å². The fraction of sp³-hybridized carbons (Fsp3) is 0.596. The molecule has 0 radical (unpaired) electrons. The van der Waals surface area contributed by atoms with E-state index in [1.54, 1.807) is 46.5 Å². The van der Waals surface area contributed by atoms with Gasteiger partial charge in [-0.3, -0.25) is 19.2 Å². The lowest BCUT2D eigenvalue weighted by molar-refractivity contribution is -0.140. The summed E-state index contributed by atoms with van der Waals surface area (Å²) in [6, 6.07) is 3.83. The fourth-order valence-corrected chi connectivity index (χ4v) is 8.30. The minimum absolute atomic E-state index is 0. The Labute approximate surface area is 435 Å². The lowest BCUT2D eigenvalue weighted by atomic mass is 10.0. The number of halogens is 1. The second-order valence-corrected chi connectivity index (χ2v) is 18.1. The van der Waals surface area contributed by atoms with Crippen molar-refractivity contribution in [2.75, 3.05) is 114 Å². The minimum atomic E-state index is -1.06. The van der Waals surface area contributed by atoms with Gasteiger partial charge in [-0.05, 0) is 49.3 Å². The fourth-order valence-electron chi connectivity index (χ4n) is 8.30. The van der Waals surface area contributed by atoms with E-state index < -0.39 is 30.1 Å². The number of amides is 2. The molecule has 0 spiro atoms. The maximum absolute atomic E-state index is 14.2. The van der Waals surface area contributed by atoms with Gasteiger partial charge in [0.05, 0.1) is 68.9 Å². The molecule has 2 aliphatic heterocycles. The number of phenolic OH excluding ortho intramolecular Hbond substituents is 1. The molecule has 0 aliphatic carbocycles. The van der Waals surface area contributed by atoms with E-state index in [0.717, 1.165) is 5.56 Å². The molecule has 2 fully saturated rings. The molecule has 2 amide bonds. The topological polar surface area (TPSA) is 334 Å². The first-order valence-electron chi connectivity index (χ1n) is 24.5. The number of hydrogen-bond acceptors (Lipinski definition) is 20. The summed E-state index contributed by atoms with van der Waals surface area (Å²) in [5, 5.41) is 48.9. The molecule has 4 aromatic rings. The summed E-state index contributed by atoms with van der Waals surface area (Å²) < 4.78 is 19.3. The van der Waals surface area contributed by atoms with Gasteiger partial charge in [0.25, 0.3) is 0 Å². The van der Waals surface area contributed by atoms with Gasteiger partial charge in [-0.2, -0.15) is 15.0 Å². The van der Waals surface area contributed by atoms with Crippen LogP contribution in [0.2, 0.25) is 0 Å². The Morgan fingerprint density at radius 2 is 1.18 bits per heavy atom. The molecule has 26 nitrogen and oxygen atoms in total. The molecule has 2 aliphatic rings. The summed E-state index contributed by atoms with van der Waals surface area (Å²) in [6.07, 6.45) is 8.94. The van der Waals surface area contributed by atoms with Gasteiger partial charge < -0.3 is 78.3 Å². The van der Waals surface area contributed by atoms with Crippen LogP contribution in [-0.2, 0) is 39.8 Å². The van der Waals surface area contributed by atoms with Crippen molar-refractivity contribution in [3.05, 3.63) is 53.6 Å². The van der Waals surface area contributed by atoms with Gasteiger partial charge in [0.1, 0.15) is 24.4 Å². The molecule has 404 valence electrons. The van der Waals surface area contributed by atoms with Crippen molar-refractivity contribution >= 4 is 41.6 Å². The Morgan fingerprint density at radius 1 is 0.703 bits per heavy atom. The van der Waals surface area contributed by atoms with Gasteiger partial charge in [-0.1, -0.05) is 42.3 Å². The highest BCUT2D eigenvalue weighted by atomic mass is 35.5. The Bertz CT molecular complexity index is 2440. The number of carboxylic acids is 2. The van der Waals surface area contributed by atoms with Crippen LogP contribution < -0.4 is 39.0 Å². The quantitative estimate of drug-likeness (QED) is 0.0245. The Hall–Kier alpha value is -6.76.